The lowest BCUT2D eigenvalue weighted by atomic mass is 10.2. The summed E-state index contributed by atoms with van der Waals surface area (Å²) in [6.07, 6.45) is 7.28. The Hall–Kier alpha value is -1.17. The molecule has 5 nitrogen and oxygen atoms in total. The van der Waals surface area contributed by atoms with Crippen molar-refractivity contribution in [2.24, 2.45) is 0 Å². The SMILES string of the molecule is C/C=C/[C@H](C(=O)OC)N(SCCCCCC)C(=O)OC(C)(C)C. The number of hydrogen-bond donors (Lipinski definition) is 0. The van der Waals surface area contributed by atoms with Crippen LogP contribution < -0.4 is 0 Å². The molecule has 0 heterocycles. The second-order valence-corrected chi connectivity index (χ2v) is 7.25. The first-order chi connectivity index (χ1) is 10.8. The van der Waals surface area contributed by atoms with Gasteiger partial charge < -0.3 is 9.47 Å². The van der Waals surface area contributed by atoms with E-state index in [1.54, 1.807) is 39.8 Å². The Morgan fingerprint density at radius 2 is 1.87 bits per heavy atom. The van der Waals surface area contributed by atoms with E-state index in [0.29, 0.717) is 0 Å². The van der Waals surface area contributed by atoms with Gasteiger partial charge in [-0.25, -0.2) is 13.9 Å². The lowest BCUT2D eigenvalue weighted by molar-refractivity contribution is -0.143. The van der Waals surface area contributed by atoms with Gasteiger partial charge in [0.25, 0.3) is 0 Å². The molecule has 0 bridgehead atoms. The fourth-order valence-corrected chi connectivity index (χ4v) is 2.79. The third-order valence-corrected chi connectivity index (χ3v) is 4.00. The predicted octanol–water partition coefficient (Wildman–Crippen LogP) is 4.57. The van der Waals surface area contributed by atoms with Gasteiger partial charge in [-0.2, -0.15) is 0 Å². The summed E-state index contributed by atoms with van der Waals surface area (Å²) < 4.78 is 11.6. The lowest BCUT2D eigenvalue weighted by Gasteiger charge is -2.29. The quantitative estimate of drug-likeness (QED) is 0.265. The number of unbranched alkanes of at least 4 members (excludes halogenated alkanes) is 3. The third kappa shape index (κ3) is 9.54. The number of rotatable bonds is 9. The summed E-state index contributed by atoms with van der Waals surface area (Å²) >= 11 is 1.32. The van der Waals surface area contributed by atoms with Crippen LogP contribution in [0.25, 0.3) is 0 Å². The fourth-order valence-electron chi connectivity index (χ4n) is 1.80. The van der Waals surface area contributed by atoms with E-state index < -0.39 is 23.7 Å². The molecule has 0 fully saturated rings. The van der Waals surface area contributed by atoms with Gasteiger partial charge in [0, 0.05) is 5.75 Å². The minimum Gasteiger partial charge on any atom is -0.467 e. The van der Waals surface area contributed by atoms with E-state index in [-0.39, 0.29) is 0 Å². The zero-order valence-electron chi connectivity index (χ0n) is 15.3. The van der Waals surface area contributed by atoms with E-state index in [0.717, 1.165) is 25.0 Å². The summed E-state index contributed by atoms with van der Waals surface area (Å²) in [5.74, 6) is 0.277. The number of carbonyl (C=O) groups is 2. The number of methoxy groups -OCH3 is 1. The van der Waals surface area contributed by atoms with Gasteiger partial charge in [0.15, 0.2) is 6.04 Å². The lowest BCUT2D eigenvalue weighted by Crippen LogP contribution is -2.43. The number of hydrogen-bond acceptors (Lipinski definition) is 5. The van der Waals surface area contributed by atoms with Gasteiger partial charge in [-0.1, -0.05) is 38.3 Å². The van der Waals surface area contributed by atoms with Crippen molar-refractivity contribution in [2.45, 2.75) is 71.9 Å². The Bertz CT molecular complexity index is 391. The van der Waals surface area contributed by atoms with Gasteiger partial charge in [0.2, 0.25) is 0 Å². The molecule has 1 amide bonds. The highest BCUT2D eigenvalue weighted by atomic mass is 32.2. The van der Waals surface area contributed by atoms with Crippen LogP contribution in [0.5, 0.6) is 0 Å². The maximum Gasteiger partial charge on any atom is 0.421 e. The summed E-state index contributed by atoms with van der Waals surface area (Å²) in [4.78, 5) is 24.5. The normalized spacial score (nSPS) is 13.0. The molecule has 0 N–H and O–H groups in total. The molecule has 0 aromatic rings. The molecule has 1 atom stereocenters. The first kappa shape index (κ1) is 21.8. The molecular weight excluding hydrogens is 314 g/mol. The molecule has 0 saturated carbocycles. The number of carbonyl (C=O) groups excluding carboxylic acids is 2. The van der Waals surface area contributed by atoms with Gasteiger partial charge in [-0.15, -0.1) is 0 Å². The van der Waals surface area contributed by atoms with E-state index >= 15 is 0 Å². The second-order valence-electron chi connectivity index (χ2n) is 6.19. The molecule has 6 heteroatoms. The van der Waals surface area contributed by atoms with Crippen molar-refractivity contribution in [1.82, 2.24) is 4.31 Å². The second kappa shape index (κ2) is 11.4. The van der Waals surface area contributed by atoms with Crippen molar-refractivity contribution < 1.29 is 19.1 Å². The maximum absolute atomic E-state index is 12.5. The van der Waals surface area contributed by atoms with Crippen LogP contribution in [0, 0.1) is 0 Å². The predicted molar refractivity (Wildman–Crippen MR) is 95.3 cm³/mol. The van der Waals surface area contributed by atoms with Crippen molar-refractivity contribution in [3.05, 3.63) is 12.2 Å². The first-order valence-electron chi connectivity index (χ1n) is 8.12. The van der Waals surface area contributed by atoms with Crippen molar-refractivity contribution in [2.75, 3.05) is 12.9 Å². The molecule has 0 aromatic carbocycles. The zero-order valence-corrected chi connectivity index (χ0v) is 16.1. The van der Waals surface area contributed by atoms with Gasteiger partial charge in [0.1, 0.15) is 5.60 Å². The summed E-state index contributed by atoms with van der Waals surface area (Å²) in [5, 5.41) is 0. The van der Waals surface area contributed by atoms with Crippen LogP contribution in [0.3, 0.4) is 0 Å². The maximum atomic E-state index is 12.5. The summed E-state index contributed by atoms with van der Waals surface area (Å²) in [5.41, 5.74) is -0.616. The number of allylic oxidation sites excluding steroid dienone is 1. The number of esters is 1. The first-order valence-corrected chi connectivity index (χ1v) is 9.06. The highest BCUT2D eigenvalue weighted by Gasteiger charge is 2.32. The average molecular weight is 346 g/mol. The van der Waals surface area contributed by atoms with Crippen LogP contribution in [0.1, 0.15) is 60.3 Å². The molecule has 0 saturated heterocycles. The Labute approximate surface area is 144 Å². The average Bonchev–Trinajstić information content (AvgIpc) is 2.46. The highest BCUT2D eigenvalue weighted by molar-refractivity contribution is 7.97. The minimum atomic E-state index is -0.781. The number of ether oxygens (including phenoxy) is 2. The Morgan fingerprint density at radius 3 is 2.35 bits per heavy atom. The van der Waals surface area contributed by atoms with Gasteiger partial charge >= 0.3 is 12.1 Å². The van der Waals surface area contributed by atoms with Crippen LogP contribution in [0.2, 0.25) is 0 Å². The molecule has 0 radical (unpaired) electrons. The van der Waals surface area contributed by atoms with E-state index in [9.17, 15) is 9.59 Å². The molecule has 0 aliphatic heterocycles. The molecular formula is C17H31NO4S. The number of nitrogens with zero attached hydrogens (tertiary/aromatic N) is 1. The van der Waals surface area contributed by atoms with E-state index in [4.69, 9.17) is 9.47 Å². The third-order valence-electron chi connectivity index (χ3n) is 2.87. The monoisotopic (exact) mass is 345 g/mol. The molecule has 0 spiro atoms. The molecule has 0 aliphatic carbocycles. The van der Waals surface area contributed by atoms with Crippen molar-refractivity contribution in [3.63, 3.8) is 0 Å². The topological polar surface area (TPSA) is 55.8 Å². The molecule has 134 valence electrons. The fraction of sp³-hybridized carbons (Fsp3) is 0.765. The van der Waals surface area contributed by atoms with Gasteiger partial charge in [0.05, 0.1) is 7.11 Å². The zero-order chi connectivity index (χ0) is 17.9. The van der Waals surface area contributed by atoms with Crippen LogP contribution in [0.4, 0.5) is 4.79 Å². The van der Waals surface area contributed by atoms with Gasteiger partial charge in [-0.3, -0.25) is 0 Å². The van der Waals surface area contributed by atoms with Crippen LogP contribution in [0.15, 0.2) is 12.2 Å². The molecule has 0 aliphatic rings. The summed E-state index contributed by atoms with van der Waals surface area (Å²) in [6.45, 7) is 9.36. The van der Waals surface area contributed by atoms with E-state index in [1.165, 1.54) is 29.8 Å². The van der Waals surface area contributed by atoms with Crippen molar-refractivity contribution >= 4 is 24.0 Å². The van der Waals surface area contributed by atoms with E-state index in [1.807, 2.05) is 0 Å². The molecule has 0 aromatic heterocycles. The number of amides is 1. The molecule has 0 rings (SSSR count). The molecule has 23 heavy (non-hydrogen) atoms. The van der Waals surface area contributed by atoms with Crippen LogP contribution >= 0.6 is 11.9 Å². The van der Waals surface area contributed by atoms with Crippen molar-refractivity contribution in [3.8, 4) is 0 Å². The highest BCUT2D eigenvalue weighted by Crippen LogP contribution is 2.23. The van der Waals surface area contributed by atoms with Crippen LogP contribution in [-0.2, 0) is 14.3 Å². The largest absolute Gasteiger partial charge is 0.467 e. The summed E-state index contributed by atoms with van der Waals surface area (Å²) in [7, 11) is 1.32. The summed E-state index contributed by atoms with van der Waals surface area (Å²) in [6, 6.07) is -0.781. The van der Waals surface area contributed by atoms with Crippen molar-refractivity contribution in [1.29, 1.82) is 0 Å². The smallest absolute Gasteiger partial charge is 0.421 e. The molecule has 0 unspecified atom stereocenters. The van der Waals surface area contributed by atoms with E-state index in [2.05, 4.69) is 6.92 Å². The Kier molecular flexibility index (Phi) is 10.8. The Morgan fingerprint density at radius 1 is 1.22 bits per heavy atom. The minimum absolute atomic E-state index is 0.477. The van der Waals surface area contributed by atoms with Crippen LogP contribution in [-0.4, -0.2) is 40.9 Å². The van der Waals surface area contributed by atoms with Gasteiger partial charge in [-0.05, 0) is 46.1 Å². The Balaban J connectivity index is 5.02. The standard InChI is InChI=1S/C17H31NO4S/c1-7-9-10-11-13-23-18(16(20)22-17(3,4)5)14(12-8-2)15(19)21-6/h8,12,14H,7,9-11,13H2,1-6H3/b12-8+/t14-/m1/s1.